The third kappa shape index (κ3) is 5.38. The van der Waals surface area contributed by atoms with Crippen molar-refractivity contribution in [2.24, 2.45) is 0 Å². The molecule has 0 radical (unpaired) electrons. The highest BCUT2D eigenvalue weighted by Gasteiger charge is 2.41. The Labute approximate surface area is 240 Å². The van der Waals surface area contributed by atoms with Crippen molar-refractivity contribution in [3.63, 3.8) is 0 Å². The minimum absolute atomic E-state index is 0.0320. The van der Waals surface area contributed by atoms with Crippen LogP contribution >= 0.6 is 11.6 Å². The van der Waals surface area contributed by atoms with E-state index in [1.165, 1.54) is 18.2 Å². The second-order valence-electron chi connectivity index (χ2n) is 11.1. The Morgan fingerprint density at radius 2 is 1.88 bits per heavy atom. The van der Waals surface area contributed by atoms with Crippen molar-refractivity contribution in [2.45, 2.75) is 77.9 Å². The van der Waals surface area contributed by atoms with Gasteiger partial charge in [0.25, 0.3) is 11.8 Å². The van der Waals surface area contributed by atoms with Crippen molar-refractivity contribution < 1.29 is 28.2 Å². The van der Waals surface area contributed by atoms with Crippen LogP contribution in [0.1, 0.15) is 90.2 Å². The highest BCUT2D eigenvalue weighted by molar-refractivity contribution is 6.32. The van der Waals surface area contributed by atoms with Crippen LogP contribution in [-0.2, 0) is 18.6 Å². The van der Waals surface area contributed by atoms with Crippen molar-refractivity contribution in [3.05, 3.63) is 69.5 Å². The van der Waals surface area contributed by atoms with Crippen LogP contribution in [-0.4, -0.2) is 65.7 Å². The largest absolute Gasteiger partial charge is 0.433 e. The van der Waals surface area contributed by atoms with Gasteiger partial charge in [0.2, 0.25) is 0 Å². The van der Waals surface area contributed by atoms with Gasteiger partial charge in [0.05, 0.1) is 29.3 Å². The first kappa shape index (κ1) is 28.9. The summed E-state index contributed by atoms with van der Waals surface area (Å²) in [5, 5.41) is 14.9. The highest BCUT2D eigenvalue weighted by Crippen LogP contribution is 2.36. The lowest BCUT2D eigenvalue weighted by Gasteiger charge is -2.37. The van der Waals surface area contributed by atoms with Gasteiger partial charge in [-0.1, -0.05) is 11.6 Å². The first-order valence-corrected chi connectivity index (χ1v) is 13.6. The fourth-order valence-corrected chi connectivity index (χ4v) is 5.49. The molecule has 0 fully saturated rings. The average molecular weight is 589 g/mol. The molecule has 41 heavy (non-hydrogen) atoms. The zero-order chi connectivity index (χ0) is 29.8. The standard InChI is InChI=1S/C28H31ClF2N6O4/c1-14-8-21-19(13-35(14)24(38)17-6-7-20(29)22(9-17)41-27(30)31)23-25(39)36(12-15(2)37(23)34-21)16(3)18-10-32-26(33-11-18)28(4,5)40/h6-7,9-11,14-16,27,40H,8,12-13H2,1-5H3/t14-,15-,16+/m1/s1. The smallest absolute Gasteiger partial charge is 0.387 e. The van der Waals surface area contributed by atoms with Crippen LogP contribution in [0.2, 0.25) is 5.02 Å². The predicted octanol–water partition coefficient (Wildman–Crippen LogP) is 4.52. The average Bonchev–Trinajstić information content (AvgIpc) is 3.29. The molecular weight excluding hydrogens is 558 g/mol. The van der Waals surface area contributed by atoms with Crippen molar-refractivity contribution >= 4 is 23.4 Å². The molecule has 3 aromatic rings. The summed E-state index contributed by atoms with van der Waals surface area (Å²) >= 11 is 5.98. The molecule has 0 saturated carbocycles. The summed E-state index contributed by atoms with van der Waals surface area (Å²) in [6, 6.07) is 3.26. The molecule has 10 nitrogen and oxygen atoms in total. The molecule has 13 heteroatoms. The number of benzene rings is 1. The fourth-order valence-electron chi connectivity index (χ4n) is 5.33. The van der Waals surface area contributed by atoms with Gasteiger partial charge in [0.15, 0.2) is 5.82 Å². The predicted molar refractivity (Wildman–Crippen MR) is 145 cm³/mol. The highest BCUT2D eigenvalue weighted by atomic mass is 35.5. The Morgan fingerprint density at radius 3 is 2.51 bits per heavy atom. The van der Waals surface area contributed by atoms with E-state index in [1.807, 2.05) is 20.8 Å². The van der Waals surface area contributed by atoms with E-state index in [-0.39, 0.29) is 52.7 Å². The Bertz CT molecular complexity index is 1490. The van der Waals surface area contributed by atoms with Gasteiger partial charge < -0.3 is 19.6 Å². The Kier molecular flexibility index (Phi) is 7.49. The van der Waals surface area contributed by atoms with E-state index < -0.39 is 18.1 Å². The van der Waals surface area contributed by atoms with Gasteiger partial charge in [-0.25, -0.2) is 9.97 Å². The molecule has 0 unspecified atom stereocenters. The monoisotopic (exact) mass is 588 g/mol. The van der Waals surface area contributed by atoms with E-state index in [1.54, 1.807) is 40.7 Å². The molecule has 4 heterocycles. The Balaban J connectivity index is 1.43. The number of hydrogen-bond donors (Lipinski definition) is 1. The number of carbonyl (C=O) groups excluding carboxylic acids is 2. The molecule has 1 N–H and O–H groups in total. The number of hydrogen-bond acceptors (Lipinski definition) is 7. The van der Waals surface area contributed by atoms with Gasteiger partial charge in [0.1, 0.15) is 17.0 Å². The SMILES string of the molecule is C[C@@H]1Cc2nn3c(c2CN1C(=O)c1ccc(Cl)c(OC(F)F)c1)C(=O)N([C@@H](C)c1cnc(C(C)(C)O)nc1)C[C@H]3C. The summed E-state index contributed by atoms with van der Waals surface area (Å²) in [7, 11) is 0. The summed E-state index contributed by atoms with van der Waals surface area (Å²) in [5.74, 6) is -0.623. The zero-order valence-corrected chi connectivity index (χ0v) is 24.1. The van der Waals surface area contributed by atoms with E-state index in [0.717, 1.165) is 11.3 Å². The van der Waals surface area contributed by atoms with E-state index in [2.05, 4.69) is 14.7 Å². The van der Waals surface area contributed by atoms with Crippen LogP contribution in [0.25, 0.3) is 0 Å². The van der Waals surface area contributed by atoms with Gasteiger partial charge >= 0.3 is 6.61 Å². The molecule has 1 aromatic carbocycles. The molecule has 2 aliphatic rings. The van der Waals surface area contributed by atoms with Gasteiger partial charge in [-0.15, -0.1) is 0 Å². The summed E-state index contributed by atoms with van der Waals surface area (Å²) in [4.78, 5) is 39.4. The third-order valence-electron chi connectivity index (χ3n) is 7.61. The summed E-state index contributed by atoms with van der Waals surface area (Å²) in [5.41, 5.74) is 1.51. The fraction of sp³-hybridized carbons (Fsp3) is 0.464. The number of nitrogens with zero attached hydrogens (tertiary/aromatic N) is 6. The van der Waals surface area contributed by atoms with E-state index in [0.29, 0.717) is 24.2 Å². The molecule has 0 aliphatic carbocycles. The van der Waals surface area contributed by atoms with Crippen LogP contribution in [0.3, 0.4) is 0 Å². The van der Waals surface area contributed by atoms with Gasteiger partial charge in [-0.05, 0) is 52.8 Å². The second-order valence-corrected chi connectivity index (χ2v) is 11.5. The lowest BCUT2D eigenvalue weighted by Crippen LogP contribution is -2.45. The molecule has 218 valence electrons. The van der Waals surface area contributed by atoms with Crippen LogP contribution in [0.4, 0.5) is 8.78 Å². The van der Waals surface area contributed by atoms with Crippen LogP contribution in [0.15, 0.2) is 30.6 Å². The van der Waals surface area contributed by atoms with Gasteiger partial charge in [0, 0.05) is 48.1 Å². The normalized spacial score (nSPS) is 19.7. The number of ether oxygens (including phenoxy) is 1. The number of fused-ring (bicyclic) bond motifs is 3. The number of halogens is 3. The molecule has 2 aromatic heterocycles. The van der Waals surface area contributed by atoms with Crippen molar-refractivity contribution in [2.75, 3.05) is 6.54 Å². The van der Waals surface area contributed by atoms with Crippen LogP contribution < -0.4 is 4.74 Å². The maximum atomic E-state index is 13.9. The lowest BCUT2D eigenvalue weighted by atomic mass is 9.96. The van der Waals surface area contributed by atoms with E-state index in [4.69, 9.17) is 16.7 Å². The number of aliphatic hydroxyl groups is 1. The van der Waals surface area contributed by atoms with Crippen LogP contribution in [0, 0.1) is 0 Å². The Morgan fingerprint density at radius 1 is 1.20 bits per heavy atom. The van der Waals surface area contributed by atoms with Gasteiger partial charge in [-0.2, -0.15) is 13.9 Å². The van der Waals surface area contributed by atoms with Crippen LogP contribution in [0.5, 0.6) is 5.75 Å². The minimum atomic E-state index is -3.09. The van der Waals surface area contributed by atoms with E-state index in [9.17, 15) is 23.5 Å². The zero-order valence-electron chi connectivity index (χ0n) is 23.3. The first-order chi connectivity index (χ1) is 19.3. The number of rotatable bonds is 6. The quantitative estimate of drug-likeness (QED) is 0.450. The summed E-state index contributed by atoms with van der Waals surface area (Å²) in [6.45, 7) is 6.40. The van der Waals surface area contributed by atoms with Crippen molar-refractivity contribution in [1.29, 1.82) is 0 Å². The number of alkyl halides is 2. The summed E-state index contributed by atoms with van der Waals surface area (Å²) in [6.07, 6.45) is 3.66. The number of carbonyl (C=O) groups is 2. The van der Waals surface area contributed by atoms with Gasteiger partial charge in [-0.3, -0.25) is 14.3 Å². The van der Waals surface area contributed by atoms with Crippen molar-refractivity contribution in [3.8, 4) is 5.75 Å². The molecule has 5 rings (SSSR count). The molecule has 0 bridgehead atoms. The molecule has 0 saturated heterocycles. The van der Waals surface area contributed by atoms with Crippen molar-refractivity contribution in [1.82, 2.24) is 29.5 Å². The minimum Gasteiger partial charge on any atom is -0.433 e. The van der Waals surface area contributed by atoms with E-state index >= 15 is 0 Å². The number of aromatic nitrogens is 4. The second kappa shape index (κ2) is 10.6. The molecule has 3 atom stereocenters. The maximum absolute atomic E-state index is 13.9. The molecule has 2 amide bonds. The Hall–Kier alpha value is -3.64. The number of amides is 2. The topological polar surface area (TPSA) is 114 Å². The molecular formula is C28H31ClF2N6O4. The molecule has 2 aliphatic heterocycles. The third-order valence-corrected chi connectivity index (χ3v) is 7.92. The lowest BCUT2D eigenvalue weighted by molar-refractivity contribution is -0.0498. The molecule has 0 spiro atoms. The first-order valence-electron chi connectivity index (χ1n) is 13.3. The summed E-state index contributed by atoms with van der Waals surface area (Å²) < 4.78 is 31.9. The maximum Gasteiger partial charge on any atom is 0.387 e.